The second kappa shape index (κ2) is 13.5. The first-order chi connectivity index (χ1) is 21.2. The van der Waals surface area contributed by atoms with Crippen molar-refractivity contribution in [2.45, 2.75) is 26.1 Å². The standard InChI is InChI=1S/C31H26F3N7O2S/c1-2-21-6-3-4-7-27(21)40-16-5-17-44-30(40)38-29(42)36-19-24(18-35)22-8-10-23(11-9-22)28-37-20-41(39-28)25-12-14-26(15-13-25)43-31(32,33)34/h3-4,6-15,19-20H,2,5,16-17H2,1H3,(H,36,42)/b24-19+,38-30?. The van der Waals surface area contributed by atoms with E-state index in [0.29, 0.717) is 27.8 Å². The number of urea groups is 1. The van der Waals surface area contributed by atoms with Crippen molar-refractivity contribution in [3.05, 3.63) is 96.5 Å². The number of halogens is 3. The molecule has 0 bridgehead atoms. The molecule has 4 aromatic rings. The number of thioether (sulfide) groups is 1. The van der Waals surface area contributed by atoms with Crippen molar-refractivity contribution < 1.29 is 22.7 Å². The highest BCUT2D eigenvalue weighted by Crippen LogP contribution is 2.29. The molecule has 1 fully saturated rings. The van der Waals surface area contributed by atoms with Crippen LogP contribution in [0.3, 0.4) is 0 Å². The van der Waals surface area contributed by atoms with E-state index in [-0.39, 0.29) is 11.3 Å². The highest BCUT2D eigenvalue weighted by molar-refractivity contribution is 8.14. The van der Waals surface area contributed by atoms with Gasteiger partial charge in [0.05, 0.1) is 11.3 Å². The van der Waals surface area contributed by atoms with Crippen LogP contribution in [-0.4, -0.2) is 44.6 Å². The monoisotopic (exact) mass is 617 g/mol. The molecule has 1 N–H and O–H groups in total. The Morgan fingerprint density at radius 1 is 1.14 bits per heavy atom. The molecule has 5 rings (SSSR count). The Hall–Kier alpha value is -5.09. The first-order valence-corrected chi connectivity index (χ1v) is 14.6. The van der Waals surface area contributed by atoms with Crippen molar-refractivity contribution in [3.8, 4) is 28.9 Å². The minimum absolute atomic E-state index is 0.231. The number of ether oxygens (including phenoxy) is 1. The summed E-state index contributed by atoms with van der Waals surface area (Å²) in [5, 5.41) is 17.4. The van der Waals surface area contributed by atoms with Gasteiger partial charge in [0.1, 0.15) is 18.1 Å². The van der Waals surface area contributed by atoms with Gasteiger partial charge in [0.25, 0.3) is 0 Å². The molecule has 0 atom stereocenters. The lowest BCUT2D eigenvalue weighted by Crippen LogP contribution is -2.36. The van der Waals surface area contributed by atoms with Crippen LogP contribution in [0.2, 0.25) is 0 Å². The van der Waals surface area contributed by atoms with Gasteiger partial charge in [-0.1, -0.05) is 61.2 Å². The van der Waals surface area contributed by atoms with E-state index >= 15 is 0 Å². The molecule has 224 valence electrons. The summed E-state index contributed by atoms with van der Waals surface area (Å²) >= 11 is 1.52. The number of nitriles is 1. The third kappa shape index (κ3) is 7.45. The lowest BCUT2D eigenvalue weighted by atomic mass is 10.1. The first kappa shape index (κ1) is 30.4. The van der Waals surface area contributed by atoms with E-state index in [4.69, 9.17) is 0 Å². The summed E-state index contributed by atoms with van der Waals surface area (Å²) in [5.41, 5.74) is 4.15. The Morgan fingerprint density at radius 2 is 1.89 bits per heavy atom. The molecule has 9 nitrogen and oxygen atoms in total. The predicted octanol–water partition coefficient (Wildman–Crippen LogP) is 6.97. The highest BCUT2D eigenvalue weighted by atomic mass is 32.2. The lowest BCUT2D eigenvalue weighted by molar-refractivity contribution is -0.274. The van der Waals surface area contributed by atoms with Crippen LogP contribution in [0.5, 0.6) is 5.75 Å². The third-order valence-electron chi connectivity index (χ3n) is 6.59. The highest BCUT2D eigenvalue weighted by Gasteiger charge is 2.31. The number of nitrogens with one attached hydrogen (secondary N) is 1. The zero-order chi connectivity index (χ0) is 31.1. The molecule has 2 amide bonds. The number of amidine groups is 1. The van der Waals surface area contributed by atoms with Crippen LogP contribution in [0.1, 0.15) is 24.5 Å². The molecule has 0 saturated carbocycles. The van der Waals surface area contributed by atoms with Gasteiger partial charge in [-0.3, -0.25) is 0 Å². The summed E-state index contributed by atoms with van der Waals surface area (Å²) in [6.45, 7) is 2.85. The van der Waals surface area contributed by atoms with E-state index in [0.717, 1.165) is 30.8 Å². The molecular formula is C31H26F3N7O2S. The maximum absolute atomic E-state index is 12.8. The summed E-state index contributed by atoms with van der Waals surface area (Å²) in [5.74, 6) is 0.895. The number of carbonyl (C=O) groups excluding carboxylic acids is 1. The second-order valence-electron chi connectivity index (χ2n) is 9.48. The second-order valence-corrected chi connectivity index (χ2v) is 10.5. The number of allylic oxidation sites excluding steroid dienone is 1. The van der Waals surface area contributed by atoms with Crippen molar-refractivity contribution in [2.75, 3.05) is 17.2 Å². The van der Waals surface area contributed by atoms with Crippen LogP contribution in [0, 0.1) is 11.3 Å². The SMILES string of the molecule is CCc1ccccc1N1CCCSC1=NC(=O)N/C=C(\C#N)c1ccc(-c2ncn(-c3ccc(OC(F)(F)F)cc3)n2)cc1. The van der Waals surface area contributed by atoms with Crippen molar-refractivity contribution in [2.24, 2.45) is 4.99 Å². The Labute approximate surface area is 255 Å². The van der Waals surface area contributed by atoms with Gasteiger partial charge < -0.3 is 15.0 Å². The van der Waals surface area contributed by atoms with E-state index in [1.165, 1.54) is 58.8 Å². The van der Waals surface area contributed by atoms with Crippen LogP contribution >= 0.6 is 11.8 Å². The molecule has 2 heterocycles. The largest absolute Gasteiger partial charge is 0.573 e. The van der Waals surface area contributed by atoms with Crippen LogP contribution < -0.4 is 15.0 Å². The quantitative estimate of drug-likeness (QED) is 0.223. The molecule has 3 aromatic carbocycles. The van der Waals surface area contributed by atoms with Gasteiger partial charge in [0, 0.05) is 29.7 Å². The summed E-state index contributed by atoms with van der Waals surface area (Å²) < 4.78 is 42.6. The summed E-state index contributed by atoms with van der Waals surface area (Å²) in [6, 6.07) is 21.7. The Morgan fingerprint density at radius 3 is 2.59 bits per heavy atom. The Bertz CT molecular complexity index is 1730. The normalized spacial score (nSPS) is 14.8. The van der Waals surface area contributed by atoms with Gasteiger partial charge in [-0.15, -0.1) is 18.3 Å². The Kier molecular flexibility index (Phi) is 9.30. The maximum atomic E-state index is 12.8. The predicted molar refractivity (Wildman–Crippen MR) is 163 cm³/mol. The average Bonchev–Trinajstić information content (AvgIpc) is 3.52. The van der Waals surface area contributed by atoms with E-state index in [9.17, 15) is 23.2 Å². The van der Waals surface area contributed by atoms with E-state index in [2.05, 4.69) is 49.1 Å². The van der Waals surface area contributed by atoms with Gasteiger partial charge in [0.2, 0.25) is 0 Å². The number of hydrogen-bond acceptors (Lipinski definition) is 6. The maximum Gasteiger partial charge on any atom is 0.573 e. The zero-order valence-electron chi connectivity index (χ0n) is 23.5. The van der Waals surface area contributed by atoms with Crippen molar-refractivity contribution in [1.29, 1.82) is 5.26 Å². The van der Waals surface area contributed by atoms with E-state index in [1.807, 2.05) is 18.2 Å². The molecule has 1 aliphatic heterocycles. The molecule has 0 radical (unpaired) electrons. The van der Waals surface area contributed by atoms with Gasteiger partial charge in [0.15, 0.2) is 11.0 Å². The number of nitrogens with zero attached hydrogens (tertiary/aromatic N) is 6. The molecule has 0 spiro atoms. The topological polar surface area (TPSA) is 108 Å². The number of amides is 2. The number of alkyl halides is 3. The van der Waals surface area contributed by atoms with Crippen LogP contribution in [0.4, 0.5) is 23.7 Å². The minimum Gasteiger partial charge on any atom is -0.406 e. The number of hydrogen-bond donors (Lipinski definition) is 1. The van der Waals surface area contributed by atoms with Crippen molar-refractivity contribution in [3.63, 3.8) is 0 Å². The van der Waals surface area contributed by atoms with Crippen molar-refractivity contribution >= 4 is 34.2 Å². The van der Waals surface area contributed by atoms with Gasteiger partial charge >= 0.3 is 12.4 Å². The number of para-hydroxylation sites is 1. The molecular weight excluding hydrogens is 591 g/mol. The summed E-state index contributed by atoms with van der Waals surface area (Å²) in [4.78, 5) is 23.4. The van der Waals surface area contributed by atoms with Gasteiger partial charge in [-0.25, -0.2) is 14.5 Å². The fraction of sp³-hybridized carbons (Fsp3) is 0.194. The molecule has 44 heavy (non-hydrogen) atoms. The number of aromatic nitrogens is 3. The third-order valence-corrected chi connectivity index (χ3v) is 7.65. The molecule has 1 saturated heterocycles. The summed E-state index contributed by atoms with van der Waals surface area (Å²) in [6.07, 6.45) is -0.168. The smallest absolute Gasteiger partial charge is 0.406 e. The number of aliphatic imine (C=N–C) groups is 1. The zero-order valence-corrected chi connectivity index (χ0v) is 24.3. The molecule has 1 aliphatic rings. The number of rotatable bonds is 7. The average molecular weight is 618 g/mol. The fourth-order valence-corrected chi connectivity index (χ4v) is 5.45. The molecule has 13 heteroatoms. The van der Waals surface area contributed by atoms with Gasteiger partial charge in [-0.05, 0) is 54.3 Å². The summed E-state index contributed by atoms with van der Waals surface area (Å²) in [7, 11) is 0. The Balaban J connectivity index is 1.26. The molecule has 0 aliphatic carbocycles. The van der Waals surface area contributed by atoms with Crippen LogP contribution in [-0.2, 0) is 6.42 Å². The number of aryl methyl sites for hydroxylation is 1. The van der Waals surface area contributed by atoms with Gasteiger partial charge in [-0.2, -0.15) is 10.3 Å². The van der Waals surface area contributed by atoms with Crippen LogP contribution in [0.25, 0.3) is 22.6 Å². The minimum atomic E-state index is -4.77. The fourth-order valence-electron chi connectivity index (χ4n) is 4.50. The lowest BCUT2D eigenvalue weighted by Gasteiger charge is -2.31. The number of carbonyl (C=O) groups is 1. The first-order valence-electron chi connectivity index (χ1n) is 13.6. The van der Waals surface area contributed by atoms with E-state index < -0.39 is 12.4 Å². The van der Waals surface area contributed by atoms with E-state index in [1.54, 1.807) is 24.3 Å². The molecule has 1 aromatic heterocycles. The van der Waals surface area contributed by atoms with Crippen molar-refractivity contribution in [1.82, 2.24) is 20.1 Å². The van der Waals surface area contributed by atoms with Crippen LogP contribution in [0.15, 0.2) is 90.3 Å². The number of benzene rings is 3. The molecule has 0 unspecified atom stereocenters. The number of anilines is 1.